The van der Waals surface area contributed by atoms with E-state index in [1.54, 1.807) is 17.0 Å². The average molecular weight is 839 g/mol. The van der Waals surface area contributed by atoms with Crippen molar-refractivity contribution >= 4 is 66.9 Å². The van der Waals surface area contributed by atoms with E-state index >= 15 is 0 Å². The second kappa shape index (κ2) is 15.9. The first-order valence-corrected chi connectivity index (χ1v) is 22.7. The summed E-state index contributed by atoms with van der Waals surface area (Å²) in [5, 5.41) is 1.13. The van der Waals surface area contributed by atoms with Gasteiger partial charge >= 0.3 is 0 Å². The molecular formula is C38H46Cl3N5O6S2. The Bertz CT molecular complexity index is 2120. The highest BCUT2D eigenvalue weighted by atomic mass is 35.5. The molecule has 6 rings (SSSR count). The predicted molar refractivity (Wildman–Crippen MR) is 214 cm³/mol. The Morgan fingerprint density at radius 1 is 0.889 bits per heavy atom. The van der Waals surface area contributed by atoms with Gasteiger partial charge in [-0.15, -0.1) is 0 Å². The lowest BCUT2D eigenvalue weighted by Crippen LogP contribution is -2.66. The van der Waals surface area contributed by atoms with E-state index in [2.05, 4.69) is 16.7 Å². The number of carbonyl (C=O) groups excluding carboxylic acids is 1. The molecule has 0 spiro atoms. The predicted octanol–water partition coefficient (Wildman–Crippen LogP) is 6.26. The van der Waals surface area contributed by atoms with Gasteiger partial charge in [-0.1, -0.05) is 59.1 Å². The molecule has 3 heterocycles. The smallest absolute Gasteiger partial charge is 0.244 e. The number of rotatable bonds is 13. The number of piperazine rings is 1. The summed E-state index contributed by atoms with van der Waals surface area (Å²) in [5.74, 6) is 0.764. The summed E-state index contributed by atoms with van der Waals surface area (Å²) in [6.45, 7) is 8.54. The van der Waals surface area contributed by atoms with Crippen molar-refractivity contribution in [2.75, 3.05) is 57.9 Å². The van der Waals surface area contributed by atoms with E-state index in [1.807, 2.05) is 62.4 Å². The lowest BCUT2D eigenvalue weighted by atomic mass is 9.70. The molecule has 16 heteroatoms. The number of sulfone groups is 1. The standard InChI is InChI=1S/C38H46Cl3N5O6S2/c1-5-52-33-24-32(41)34(54(50,51)45-18-6-7-19-45)23-31(33)36-42-37(2,27-9-13-29(39)14-10-27)38(3,28-11-15-30(40)16-12-28)46(36)35-25-43(26-47)20-21-44(35)17-8-22-53(4,48)49/h9-16,23-24,26,35H,5-8,17-22,25H2,1-4H3/t35?,37-,38+/m0/s1. The van der Waals surface area contributed by atoms with Crippen LogP contribution in [0.2, 0.25) is 15.1 Å². The van der Waals surface area contributed by atoms with Gasteiger partial charge in [0, 0.05) is 55.1 Å². The van der Waals surface area contributed by atoms with Crippen molar-refractivity contribution in [1.82, 2.24) is 19.0 Å². The molecule has 2 saturated heterocycles. The van der Waals surface area contributed by atoms with Gasteiger partial charge in [-0.2, -0.15) is 4.31 Å². The molecule has 1 unspecified atom stereocenters. The fraction of sp³-hybridized carbons (Fsp3) is 0.474. The quantitative estimate of drug-likeness (QED) is 0.185. The molecule has 3 aromatic rings. The van der Waals surface area contributed by atoms with E-state index in [-0.39, 0.29) is 28.8 Å². The van der Waals surface area contributed by atoms with E-state index < -0.39 is 37.1 Å². The topological polar surface area (TPSA) is 120 Å². The molecule has 0 saturated carbocycles. The van der Waals surface area contributed by atoms with Gasteiger partial charge in [0.25, 0.3) is 0 Å². The van der Waals surface area contributed by atoms with Gasteiger partial charge < -0.3 is 14.5 Å². The third-order valence-corrected chi connectivity index (χ3v) is 14.9. The second-order valence-corrected chi connectivity index (χ2v) is 19.8. The van der Waals surface area contributed by atoms with Crippen LogP contribution in [0, 0.1) is 0 Å². The highest BCUT2D eigenvalue weighted by molar-refractivity contribution is 7.90. The van der Waals surface area contributed by atoms with Crippen LogP contribution in [0.1, 0.15) is 56.7 Å². The van der Waals surface area contributed by atoms with E-state index in [0.717, 1.165) is 30.4 Å². The summed E-state index contributed by atoms with van der Waals surface area (Å²) in [7, 11) is -7.24. The maximum Gasteiger partial charge on any atom is 0.244 e. The maximum atomic E-state index is 14.2. The highest BCUT2D eigenvalue weighted by Crippen LogP contribution is 2.55. The maximum absolute atomic E-state index is 14.2. The molecular weight excluding hydrogens is 793 g/mol. The lowest BCUT2D eigenvalue weighted by molar-refractivity contribution is -0.124. The Morgan fingerprint density at radius 2 is 1.50 bits per heavy atom. The lowest BCUT2D eigenvalue weighted by Gasteiger charge is -2.54. The molecule has 3 aliphatic heterocycles. The van der Waals surface area contributed by atoms with Crippen LogP contribution in [0.3, 0.4) is 0 Å². The fourth-order valence-electron chi connectivity index (χ4n) is 7.97. The number of hydrogen-bond donors (Lipinski definition) is 0. The van der Waals surface area contributed by atoms with E-state index in [9.17, 15) is 21.6 Å². The minimum atomic E-state index is -4.00. The zero-order valence-corrected chi connectivity index (χ0v) is 34.7. The van der Waals surface area contributed by atoms with Crippen LogP contribution in [-0.2, 0) is 35.7 Å². The number of benzene rings is 3. The Balaban J connectivity index is 1.66. The Morgan fingerprint density at radius 3 is 2.07 bits per heavy atom. The first-order chi connectivity index (χ1) is 25.5. The third kappa shape index (κ3) is 7.74. The molecule has 0 aliphatic carbocycles. The first kappa shape index (κ1) is 40.7. The van der Waals surface area contributed by atoms with Crippen molar-refractivity contribution in [1.29, 1.82) is 0 Å². The first-order valence-electron chi connectivity index (χ1n) is 18.0. The average Bonchev–Trinajstić information content (AvgIpc) is 3.75. The number of carbonyl (C=O) groups is 1. The summed E-state index contributed by atoms with van der Waals surface area (Å²) < 4.78 is 60.6. The number of aliphatic imine (C=N–C) groups is 1. The van der Waals surface area contributed by atoms with Crippen molar-refractivity contribution in [2.24, 2.45) is 4.99 Å². The van der Waals surface area contributed by atoms with Crippen LogP contribution in [0.5, 0.6) is 5.75 Å². The van der Waals surface area contributed by atoms with Gasteiger partial charge in [0.1, 0.15) is 38.0 Å². The van der Waals surface area contributed by atoms with E-state index in [4.69, 9.17) is 44.5 Å². The fourth-order valence-corrected chi connectivity index (χ4v) is 10.9. The van der Waals surface area contributed by atoms with Gasteiger partial charge in [0.15, 0.2) is 0 Å². The molecule has 2 fully saturated rings. The number of halogens is 3. The summed E-state index contributed by atoms with van der Waals surface area (Å²) in [5.41, 5.74) is -0.0215. The molecule has 11 nitrogen and oxygen atoms in total. The number of ether oxygens (including phenoxy) is 1. The minimum absolute atomic E-state index is 0.00506. The van der Waals surface area contributed by atoms with Gasteiger partial charge in [0.05, 0.1) is 35.0 Å². The van der Waals surface area contributed by atoms with Gasteiger partial charge in [-0.05, 0) is 81.5 Å². The minimum Gasteiger partial charge on any atom is -0.493 e. The largest absolute Gasteiger partial charge is 0.493 e. The van der Waals surface area contributed by atoms with E-state index in [1.165, 1.54) is 10.6 Å². The molecule has 3 aromatic carbocycles. The Labute approximate surface area is 333 Å². The highest BCUT2D eigenvalue weighted by Gasteiger charge is 2.60. The van der Waals surface area contributed by atoms with Crippen molar-refractivity contribution in [2.45, 2.75) is 62.2 Å². The van der Waals surface area contributed by atoms with Crippen molar-refractivity contribution in [3.63, 3.8) is 0 Å². The van der Waals surface area contributed by atoms with Crippen LogP contribution < -0.4 is 4.74 Å². The van der Waals surface area contributed by atoms with Gasteiger partial charge in [-0.25, -0.2) is 16.8 Å². The number of sulfonamides is 1. The van der Waals surface area contributed by atoms with Gasteiger partial charge in [-0.3, -0.25) is 14.7 Å². The number of nitrogens with zero attached hydrogens (tertiary/aromatic N) is 5. The normalized spacial score (nSPS) is 24.2. The SMILES string of the molecule is CCOc1cc(Cl)c(S(=O)(=O)N2CCCC2)cc1C1=N[C@@](C)(c2ccc(Cl)cc2)[C@@](C)(c2ccc(Cl)cc2)N1C1CN(C=O)CCN1CCCS(C)(=O)=O. The van der Waals surface area contributed by atoms with Crippen molar-refractivity contribution in [3.05, 3.63) is 92.4 Å². The molecule has 3 aliphatic rings. The van der Waals surface area contributed by atoms with Crippen LogP contribution in [0.25, 0.3) is 0 Å². The van der Waals surface area contributed by atoms with Crippen molar-refractivity contribution < 1.29 is 26.4 Å². The van der Waals surface area contributed by atoms with Crippen LogP contribution in [0.4, 0.5) is 0 Å². The second-order valence-electron chi connectivity index (χ2n) is 14.4. The number of amidine groups is 1. The Kier molecular flexibility index (Phi) is 12.0. The van der Waals surface area contributed by atoms with Crippen LogP contribution in [-0.4, -0.2) is 112 Å². The number of hydrogen-bond acceptors (Lipinski definition) is 9. The Hall–Kier alpha value is -2.91. The molecule has 3 atom stereocenters. The third-order valence-electron chi connectivity index (χ3n) is 11.0. The molecule has 0 N–H and O–H groups in total. The zero-order chi connectivity index (χ0) is 39.1. The molecule has 1 amide bonds. The van der Waals surface area contributed by atoms with Crippen LogP contribution >= 0.6 is 34.8 Å². The summed E-state index contributed by atoms with van der Waals surface area (Å²) in [6, 6.07) is 18.1. The number of amides is 1. The molecule has 0 bridgehead atoms. The molecule has 292 valence electrons. The van der Waals surface area contributed by atoms with Crippen LogP contribution in [0.15, 0.2) is 70.6 Å². The molecule has 0 radical (unpaired) electrons. The summed E-state index contributed by atoms with van der Waals surface area (Å²) in [6.07, 6.45) is 3.36. The molecule has 54 heavy (non-hydrogen) atoms. The molecule has 0 aromatic heterocycles. The summed E-state index contributed by atoms with van der Waals surface area (Å²) >= 11 is 19.7. The van der Waals surface area contributed by atoms with Crippen molar-refractivity contribution in [3.8, 4) is 5.75 Å². The summed E-state index contributed by atoms with van der Waals surface area (Å²) in [4.78, 5) is 24.1. The zero-order valence-electron chi connectivity index (χ0n) is 30.8. The van der Waals surface area contributed by atoms with Gasteiger partial charge in [0.2, 0.25) is 16.4 Å². The van der Waals surface area contributed by atoms with E-state index in [0.29, 0.717) is 66.3 Å². The monoisotopic (exact) mass is 837 g/mol.